The Morgan fingerprint density at radius 1 is 1.07 bits per heavy atom. The third-order valence-electron chi connectivity index (χ3n) is 4.62. The van der Waals surface area contributed by atoms with Gasteiger partial charge in [0.2, 0.25) is 0 Å². The minimum absolute atomic E-state index is 0.0380. The molecule has 0 atom stereocenters. The summed E-state index contributed by atoms with van der Waals surface area (Å²) in [5.74, 6) is -2.77. The van der Waals surface area contributed by atoms with Crippen molar-refractivity contribution in [3.05, 3.63) is 35.5 Å². The maximum Gasteiger partial charge on any atom is 0.433 e. The van der Waals surface area contributed by atoms with E-state index in [1.807, 2.05) is 0 Å². The number of carbonyl (C=O) groups is 1. The van der Waals surface area contributed by atoms with Crippen molar-refractivity contribution < 1.29 is 36.2 Å². The molecule has 1 aromatic heterocycles. The molecule has 0 amide bonds. The number of alkyl halides is 6. The van der Waals surface area contributed by atoms with Crippen LogP contribution in [0.3, 0.4) is 0 Å². The number of benzene rings is 1. The number of hydrogen-bond donors (Lipinski definition) is 1. The van der Waals surface area contributed by atoms with Crippen LogP contribution in [-0.4, -0.2) is 35.3 Å². The van der Waals surface area contributed by atoms with Gasteiger partial charge in [-0.1, -0.05) is 0 Å². The lowest BCUT2D eigenvalue weighted by Gasteiger charge is -2.35. The lowest BCUT2D eigenvalue weighted by molar-refractivity contribution is -0.179. The van der Waals surface area contributed by atoms with Crippen molar-refractivity contribution in [3.63, 3.8) is 0 Å². The fourth-order valence-electron chi connectivity index (χ4n) is 3.20. The average Bonchev–Trinajstić information content (AvgIpc) is 2.58. The molecule has 0 spiro atoms. The van der Waals surface area contributed by atoms with E-state index >= 15 is 0 Å². The predicted octanol–water partition coefficient (Wildman–Crippen LogP) is 4.73. The molecule has 0 unspecified atom stereocenters. The lowest BCUT2D eigenvalue weighted by Crippen LogP contribution is -2.39. The highest BCUT2D eigenvalue weighted by atomic mass is 19.4. The topological polar surface area (TPSA) is 53.4 Å². The van der Waals surface area contributed by atoms with E-state index in [4.69, 9.17) is 5.11 Å². The summed E-state index contributed by atoms with van der Waals surface area (Å²) in [6, 6.07) is 4.26. The molecule has 2 aromatic rings. The van der Waals surface area contributed by atoms with E-state index in [1.165, 1.54) is 17.0 Å². The Balaban J connectivity index is 2.06. The van der Waals surface area contributed by atoms with Crippen LogP contribution in [0.4, 0.5) is 32.0 Å². The predicted molar refractivity (Wildman–Crippen MR) is 84.7 cm³/mol. The van der Waals surface area contributed by atoms with Gasteiger partial charge in [-0.2, -0.15) is 26.3 Å². The van der Waals surface area contributed by atoms with Crippen molar-refractivity contribution in [3.8, 4) is 0 Å². The number of pyridine rings is 1. The van der Waals surface area contributed by atoms with Crippen molar-refractivity contribution in [2.75, 3.05) is 18.0 Å². The molecule has 2 heterocycles. The van der Waals surface area contributed by atoms with Gasteiger partial charge in [0.1, 0.15) is 5.69 Å². The van der Waals surface area contributed by atoms with Crippen LogP contribution in [0.5, 0.6) is 0 Å². The highest BCUT2D eigenvalue weighted by Crippen LogP contribution is 2.39. The first-order chi connectivity index (χ1) is 12.5. The standard InChI is InChI=1S/C17H14F6N2O2/c18-16(19,20)10-3-5-25(6-4-10)13-8-14(17(21,22)23)24-12-2-1-9(15(26)27)7-11(12)13/h1-2,7-8,10H,3-6H2,(H,26,27). The summed E-state index contributed by atoms with van der Waals surface area (Å²) < 4.78 is 78.0. The molecule has 4 nitrogen and oxygen atoms in total. The van der Waals surface area contributed by atoms with E-state index in [0.717, 1.165) is 12.1 Å². The second-order valence-electron chi connectivity index (χ2n) is 6.36. The highest BCUT2D eigenvalue weighted by Gasteiger charge is 2.41. The van der Waals surface area contributed by atoms with Gasteiger partial charge in [-0.25, -0.2) is 9.78 Å². The minimum atomic E-state index is -4.74. The van der Waals surface area contributed by atoms with Crippen LogP contribution in [0.15, 0.2) is 24.3 Å². The third-order valence-corrected chi connectivity index (χ3v) is 4.62. The summed E-state index contributed by atoms with van der Waals surface area (Å²) in [5.41, 5.74) is -1.35. The van der Waals surface area contributed by atoms with E-state index in [1.54, 1.807) is 0 Å². The summed E-state index contributed by atoms with van der Waals surface area (Å²) >= 11 is 0. The quantitative estimate of drug-likeness (QED) is 0.751. The van der Waals surface area contributed by atoms with E-state index < -0.39 is 29.9 Å². The molecule has 0 radical (unpaired) electrons. The summed E-state index contributed by atoms with van der Waals surface area (Å²) in [7, 11) is 0. The second-order valence-corrected chi connectivity index (χ2v) is 6.36. The Labute approximate surface area is 149 Å². The van der Waals surface area contributed by atoms with Crippen molar-refractivity contribution >= 4 is 22.6 Å². The summed E-state index contributed by atoms with van der Waals surface area (Å²) in [6.07, 6.45) is -9.57. The number of halogens is 6. The first-order valence-corrected chi connectivity index (χ1v) is 8.04. The Hall–Kier alpha value is -2.52. The van der Waals surface area contributed by atoms with Crippen LogP contribution in [0, 0.1) is 5.92 Å². The maximum absolute atomic E-state index is 13.2. The first-order valence-electron chi connectivity index (χ1n) is 8.04. The molecule has 0 saturated carbocycles. The van der Waals surface area contributed by atoms with Gasteiger partial charge < -0.3 is 10.0 Å². The molecule has 1 aliphatic rings. The van der Waals surface area contributed by atoms with Gasteiger partial charge in [-0.05, 0) is 37.1 Å². The van der Waals surface area contributed by atoms with Crippen molar-refractivity contribution in [2.24, 2.45) is 5.92 Å². The zero-order valence-corrected chi connectivity index (χ0v) is 13.7. The number of anilines is 1. The molecule has 1 aliphatic heterocycles. The first kappa shape index (κ1) is 19.2. The van der Waals surface area contributed by atoms with Crippen molar-refractivity contribution in [1.82, 2.24) is 4.98 Å². The monoisotopic (exact) mass is 392 g/mol. The van der Waals surface area contributed by atoms with Gasteiger partial charge in [0, 0.05) is 24.2 Å². The van der Waals surface area contributed by atoms with Crippen molar-refractivity contribution in [2.45, 2.75) is 25.2 Å². The molecule has 10 heteroatoms. The van der Waals surface area contributed by atoms with Gasteiger partial charge in [-0.15, -0.1) is 0 Å². The maximum atomic E-state index is 13.2. The van der Waals surface area contributed by atoms with Gasteiger partial charge in [0.25, 0.3) is 0 Å². The molecular weight excluding hydrogens is 378 g/mol. The largest absolute Gasteiger partial charge is 0.478 e. The number of nitrogens with zero attached hydrogens (tertiary/aromatic N) is 2. The number of carboxylic acids is 1. The zero-order chi connectivity index (χ0) is 20.0. The Kier molecular flexibility index (Phi) is 4.69. The number of aromatic nitrogens is 1. The van der Waals surface area contributed by atoms with Crippen LogP contribution in [0.1, 0.15) is 28.9 Å². The third kappa shape index (κ3) is 3.93. The number of aromatic carboxylic acids is 1. The Bertz CT molecular complexity index is 870. The fraction of sp³-hybridized carbons (Fsp3) is 0.412. The molecule has 146 valence electrons. The van der Waals surface area contributed by atoms with Gasteiger partial charge >= 0.3 is 18.3 Å². The minimum Gasteiger partial charge on any atom is -0.478 e. The number of hydrogen-bond acceptors (Lipinski definition) is 3. The van der Waals surface area contributed by atoms with Gasteiger partial charge in [-0.3, -0.25) is 0 Å². The Morgan fingerprint density at radius 2 is 1.70 bits per heavy atom. The molecule has 3 rings (SSSR count). The second kappa shape index (κ2) is 6.58. The van der Waals surface area contributed by atoms with Crippen molar-refractivity contribution in [1.29, 1.82) is 0 Å². The molecular formula is C17H14F6N2O2. The smallest absolute Gasteiger partial charge is 0.433 e. The van der Waals surface area contributed by atoms with Crippen LogP contribution < -0.4 is 4.90 Å². The average molecular weight is 392 g/mol. The molecule has 1 aromatic carbocycles. The Morgan fingerprint density at radius 3 is 2.22 bits per heavy atom. The number of piperidine rings is 1. The fourth-order valence-corrected chi connectivity index (χ4v) is 3.20. The van der Waals surface area contributed by atoms with E-state index in [0.29, 0.717) is 0 Å². The molecule has 1 fully saturated rings. The SMILES string of the molecule is O=C(O)c1ccc2nc(C(F)(F)F)cc(N3CCC(C(F)(F)F)CC3)c2c1. The highest BCUT2D eigenvalue weighted by molar-refractivity contribution is 5.98. The van der Waals surface area contributed by atoms with Gasteiger partial charge in [0.15, 0.2) is 0 Å². The number of rotatable bonds is 2. The molecule has 1 N–H and O–H groups in total. The van der Waals surface area contributed by atoms with E-state index in [-0.39, 0.29) is 48.1 Å². The van der Waals surface area contributed by atoms with Crippen LogP contribution >= 0.6 is 0 Å². The van der Waals surface area contributed by atoms with Crippen LogP contribution in [0.25, 0.3) is 10.9 Å². The van der Waals surface area contributed by atoms with E-state index in [9.17, 15) is 31.1 Å². The van der Waals surface area contributed by atoms with Crippen LogP contribution in [-0.2, 0) is 6.18 Å². The summed E-state index contributed by atoms with van der Waals surface area (Å²) in [6.45, 7) is -0.171. The summed E-state index contributed by atoms with van der Waals surface area (Å²) in [5, 5.41) is 9.28. The van der Waals surface area contributed by atoms with E-state index in [2.05, 4.69) is 4.98 Å². The molecule has 27 heavy (non-hydrogen) atoms. The normalized spacial score (nSPS) is 16.7. The molecule has 1 saturated heterocycles. The molecule has 0 bridgehead atoms. The molecule has 0 aliphatic carbocycles. The van der Waals surface area contributed by atoms with Crippen LogP contribution in [0.2, 0.25) is 0 Å². The van der Waals surface area contributed by atoms with Gasteiger partial charge in [0.05, 0.1) is 17.0 Å². The zero-order valence-electron chi connectivity index (χ0n) is 13.7. The number of carboxylic acid groups (broad SMARTS) is 1. The number of fused-ring (bicyclic) bond motifs is 1. The lowest BCUT2D eigenvalue weighted by atomic mass is 9.95. The summed E-state index contributed by atoms with van der Waals surface area (Å²) in [4.78, 5) is 16.1.